The van der Waals surface area contributed by atoms with Crippen LogP contribution in [-0.4, -0.2) is 5.88 Å². The third kappa shape index (κ3) is 5.35. The highest BCUT2D eigenvalue weighted by Crippen LogP contribution is 2.12. The number of hydrogen-bond donors (Lipinski definition) is 0. The molecule has 0 nitrogen and oxygen atoms in total. The Balaban J connectivity index is 0.000000325. The lowest BCUT2D eigenvalue weighted by atomic mass is 10.3. The van der Waals surface area contributed by atoms with Gasteiger partial charge in [0.15, 0.2) is 23.3 Å². The molecule has 1 rings (SSSR count). The topological polar surface area (TPSA) is 0 Å². The molecule has 0 heterocycles. The first kappa shape index (κ1) is 15.2. The van der Waals surface area contributed by atoms with Gasteiger partial charge in [0.1, 0.15) is 0 Å². The van der Waals surface area contributed by atoms with Crippen LogP contribution in [0.3, 0.4) is 0 Å². The number of benzene rings is 1. The Morgan fingerprint density at radius 3 is 1.62 bits per heavy atom. The molecule has 0 amide bonds. The van der Waals surface area contributed by atoms with E-state index in [1.807, 2.05) is 0 Å². The smallest absolute Gasteiger partial charge is 0.197 e. The van der Waals surface area contributed by atoms with Crippen molar-refractivity contribution >= 4 is 11.6 Å². The van der Waals surface area contributed by atoms with Crippen LogP contribution in [0.1, 0.15) is 26.2 Å². The lowest BCUT2D eigenvalue weighted by Gasteiger charge is -1.93. The fourth-order valence-electron chi connectivity index (χ4n) is 0.847. The minimum absolute atomic E-state index is 0.522. The van der Waals surface area contributed by atoms with E-state index in [0.717, 1.165) is 5.88 Å². The minimum Gasteiger partial charge on any atom is -0.204 e. The average molecular weight is 257 g/mol. The van der Waals surface area contributed by atoms with Crippen LogP contribution in [0.2, 0.25) is 0 Å². The summed E-state index contributed by atoms with van der Waals surface area (Å²) in [5.41, 5.74) is 0. The van der Waals surface area contributed by atoms with Gasteiger partial charge in [-0.2, -0.15) is 0 Å². The molecular weight excluding hydrogens is 244 g/mol. The first-order valence-electron chi connectivity index (χ1n) is 4.89. The molecule has 0 aliphatic carbocycles. The normalized spacial score (nSPS) is 9.62. The van der Waals surface area contributed by atoms with Gasteiger partial charge in [-0.1, -0.05) is 19.8 Å². The highest BCUT2D eigenvalue weighted by atomic mass is 35.5. The predicted octanol–water partition coefficient (Wildman–Crippen LogP) is 4.66. The van der Waals surface area contributed by atoms with Crippen molar-refractivity contribution in [3.63, 3.8) is 0 Å². The van der Waals surface area contributed by atoms with Crippen molar-refractivity contribution in [2.45, 2.75) is 26.2 Å². The van der Waals surface area contributed by atoms with E-state index in [-0.39, 0.29) is 0 Å². The summed E-state index contributed by atoms with van der Waals surface area (Å²) in [7, 11) is 0. The Labute approximate surface area is 97.2 Å². The summed E-state index contributed by atoms with van der Waals surface area (Å²) < 4.78 is 48.0. The minimum atomic E-state index is -1.78. The Hall–Kier alpha value is -0.770. The first-order chi connectivity index (χ1) is 7.54. The number of halogens is 5. The molecule has 92 valence electrons. The second-order valence-corrected chi connectivity index (χ2v) is 3.43. The number of unbranched alkanes of at least 4 members (excludes halogenated alkanes) is 2. The largest absolute Gasteiger partial charge is 0.204 e. The third-order valence-corrected chi connectivity index (χ3v) is 1.99. The highest BCUT2D eigenvalue weighted by molar-refractivity contribution is 6.17. The van der Waals surface area contributed by atoms with Crippen molar-refractivity contribution in [3.05, 3.63) is 35.4 Å². The maximum Gasteiger partial charge on any atom is 0.197 e. The second-order valence-electron chi connectivity index (χ2n) is 3.05. The van der Waals surface area contributed by atoms with Crippen molar-refractivity contribution < 1.29 is 17.6 Å². The van der Waals surface area contributed by atoms with Gasteiger partial charge in [0.25, 0.3) is 0 Å². The van der Waals surface area contributed by atoms with Gasteiger partial charge in [0, 0.05) is 5.88 Å². The molecule has 0 fully saturated rings. The van der Waals surface area contributed by atoms with Crippen LogP contribution in [0.25, 0.3) is 0 Å². The molecule has 0 saturated heterocycles. The molecule has 0 aromatic heterocycles. The van der Waals surface area contributed by atoms with E-state index in [2.05, 4.69) is 6.92 Å². The standard InChI is InChI=1S/C6H2F4.C5H11Cl/c7-3-1-2-4(8)6(10)5(3)9;1-2-3-4-5-6/h1-2H;2-5H2,1H3. The van der Waals surface area contributed by atoms with Crippen LogP contribution in [0.15, 0.2) is 12.1 Å². The Morgan fingerprint density at radius 1 is 0.938 bits per heavy atom. The van der Waals surface area contributed by atoms with Crippen molar-refractivity contribution in [1.82, 2.24) is 0 Å². The van der Waals surface area contributed by atoms with Crippen molar-refractivity contribution in [3.8, 4) is 0 Å². The molecule has 0 aliphatic heterocycles. The SMILES string of the molecule is CCCCCCl.Fc1ccc(F)c(F)c1F. The van der Waals surface area contributed by atoms with Crippen LogP contribution in [0.4, 0.5) is 17.6 Å². The summed E-state index contributed by atoms with van der Waals surface area (Å²) >= 11 is 5.38. The van der Waals surface area contributed by atoms with Crippen molar-refractivity contribution in [2.24, 2.45) is 0 Å². The van der Waals surface area contributed by atoms with Gasteiger partial charge in [-0.05, 0) is 18.6 Å². The van der Waals surface area contributed by atoms with Gasteiger partial charge in [-0.3, -0.25) is 0 Å². The maximum atomic E-state index is 12.0. The van der Waals surface area contributed by atoms with E-state index in [0.29, 0.717) is 12.1 Å². The number of alkyl halides is 1. The van der Waals surface area contributed by atoms with Crippen LogP contribution >= 0.6 is 11.6 Å². The highest BCUT2D eigenvalue weighted by Gasteiger charge is 2.11. The predicted molar refractivity (Wildman–Crippen MR) is 56.5 cm³/mol. The van der Waals surface area contributed by atoms with Crippen LogP contribution < -0.4 is 0 Å². The van der Waals surface area contributed by atoms with Gasteiger partial charge in [0.2, 0.25) is 0 Å². The average Bonchev–Trinajstić information content (AvgIpc) is 2.29. The summed E-state index contributed by atoms with van der Waals surface area (Å²) in [5.74, 6) is -5.51. The Kier molecular flexibility index (Phi) is 7.99. The monoisotopic (exact) mass is 256 g/mol. The fourth-order valence-corrected chi connectivity index (χ4v) is 1.04. The molecule has 16 heavy (non-hydrogen) atoms. The quantitative estimate of drug-likeness (QED) is 0.243. The molecule has 0 aliphatic rings. The number of rotatable bonds is 3. The molecule has 0 spiro atoms. The van der Waals surface area contributed by atoms with Crippen LogP contribution in [-0.2, 0) is 0 Å². The van der Waals surface area contributed by atoms with Gasteiger partial charge in [-0.25, -0.2) is 17.6 Å². The first-order valence-corrected chi connectivity index (χ1v) is 5.43. The maximum absolute atomic E-state index is 12.0. The van der Waals surface area contributed by atoms with Crippen molar-refractivity contribution in [2.75, 3.05) is 5.88 Å². The molecule has 1 aromatic rings. The summed E-state index contributed by atoms with van der Waals surface area (Å²) in [4.78, 5) is 0. The Bertz CT molecular complexity index is 284. The van der Waals surface area contributed by atoms with Gasteiger partial charge in [-0.15, -0.1) is 11.6 Å². The van der Waals surface area contributed by atoms with E-state index in [1.54, 1.807) is 0 Å². The molecule has 0 bridgehead atoms. The van der Waals surface area contributed by atoms with E-state index >= 15 is 0 Å². The third-order valence-electron chi connectivity index (χ3n) is 1.73. The molecule has 0 unspecified atom stereocenters. The second kappa shape index (κ2) is 8.39. The zero-order chi connectivity index (χ0) is 12.6. The van der Waals surface area contributed by atoms with Crippen LogP contribution in [0.5, 0.6) is 0 Å². The lowest BCUT2D eigenvalue weighted by molar-refractivity contribution is 0.409. The Morgan fingerprint density at radius 2 is 1.38 bits per heavy atom. The van der Waals surface area contributed by atoms with Gasteiger partial charge < -0.3 is 0 Å². The summed E-state index contributed by atoms with van der Waals surface area (Å²) in [6, 6.07) is 1.04. The van der Waals surface area contributed by atoms with Crippen molar-refractivity contribution in [1.29, 1.82) is 0 Å². The molecular formula is C11H13ClF4. The van der Waals surface area contributed by atoms with Crippen LogP contribution in [0, 0.1) is 23.3 Å². The lowest BCUT2D eigenvalue weighted by Crippen LogP contribution is -1.93. The summed E-state index contributed by atoms with van der Waals surface area (Å²) in [6.45, 7) is 2.17. The molecule has 1 aromatic carbocycles. The fraction of sp³-hybridized carbons (Fsp3) is 0.455. The van der Waals surface area contributed by atoms with Gasteiger partial charge >= 0.3 is 0 Å². The zero-order valence-corrected chi connectivity index (χ0v) is 9.63. The van der Waals surface area contributed by atoms with Gasteiger partial charge in [0.05, 0.1) is 0 Å². The van der Waals surface area contributed by atoms with E-state index < -0.39 is 23.3 Å². The molecule has 5 heteroatoms. The van der Waals surface area contributed by atoms with E-state index in [4.69, 9.17) is 11.6 Å². The molecule has 0 saturated carbocycles. The summed E-state index contributed by atoms with van der Waals surface area (Å²) in [5, 5.41) is 0. The molecule has 0 atom stereocenters. The number of hydrogen-bond acceptors (Lipinski definition) is 0. The zero-order valence-electron chi connectivity index (χ0n) is 8.87. The van der Waals surface area contributed by atoms with E-state index in [9.17, 15) is 17.6 Å². The molecule has 0 N–H and O–H groups in total. The summed E-state index contributed by atoms with van der Waals surface area (Å²) in [6.07, 6.45) is 3.73. The molecule has 0 radical (unpaired) electrons. The van der Waals surface area contributed by atoms with E-state index in [1.165, 1.54) is 19.3 Å².